The maximum absolute atomic E-state index is 12.2. The molecule has 0 heterocycles. The first kappa shape index (κ1) is 17.2. The van der Waals surface area contributed by atoms with E-state index in [-0.39, 0.29) is 5.75 Å². The van der Waals surface area contributed by atoms with Crippen molar-refractivity contribution in [2.45, 2.75) is 13.8 Å². The van der Waals surface area contributed by atoms with Crippen LogP contribution in [0.25, 0.3) is 6.08 Å². The fourth-order valence-corrected chi connectivity index (χ4v) is 2.06. The third-order valence-electron chi connectivity index (χ3n) is 3.11. The third-order valence-corrected chi connectivity index (χ3v) is 3.11. The van der Waals surface area contributed by atoms with E-state index in [1.807, 2.05) is 13.0 Å². The summed E-state index contributed by atoms with van der Waals surface area (Å²) in [4.78, 5) is 22.1. The molecule has 0 atom stereocenters. The Morgan fingerprint density at radius 1 is 1.21 bits per heavy atom. The molecule has 0 bridgehead atoms. The van der Waals surface area contributed by atoms with Gasteiger partial charge < -0.3 is 9.47 Å². The second-order valence-electron chi connectivity index (χ2n) is 5.00. The summed E-state index contributed by atoms with van der Waals surface area (Å²) < 4.78 is 10.9. The van der Waals surface area contributed by atoms with Crippen LogP contribution in [0.3, 0.4) is 0 Å². The highest BCUT2D eigenvalue weighted by Gasteiger charge is 2.13. The van der Waals surface area contributed by atoms with Crippen molar-refractivity contribution in [1.29, 1.82) is 0 Å². The maximum atomic E-state index is 12.2. The lowest BCUT2D eigenvalue weighted by Gasteiger charge is -2.11. The molecular formula is C18H17NO5. The number of nitro groups is 1. The van der Waals surface area contributed by atoms with Gasteiger partial charge in [-0.25, -0.2) is 4.79 Å². The predicted octanol–water partition coefficient (Wildman–Crippen LogP) is 3.86. The van der Waals surface area contributed by atoms with Crippen LogP contribution in [-0.2, 0) is 0 Å². The highest BCUT2D eigenvalue weighted by molar-refractivity contribution is 5.91. The van der Waals surface area contributed by atoms with Crippen LogP contribution in [0.15, 0.2) is 48.7 Å². The molecule has 124 valence electrons. The number of hydrogen-bond donors (Lipinski definition) is 0. The van der Waals surface area contributed by atoms with E-state index in [0.29, 0.717) is 23.5 Å². The molecule has 0 aliphatic carbocycles. The Hall–Kier alpha value is -3.15. The van der Waals surface area contributed by atoms with Crippen LogP contribution in [-0.4, -0.2) is 17.5 Å². The Balaban J connectivity index is 2.25. The van der Waals surface area contributed by atoms with E-state index in [0.717, 1.165) is 11.8 Å². The predicted molar refractivity (Wildman–Crippen MR) is 89.8 cm³/mol. The molecule has 2 rings (SSSR count). The minimum atomic E-state index is -0.550. The van der Waals surface area contributed by atoms with Crippen LogP contribution in [0.1, 0.15) is 28.4 Å². The summed E-state index contributed by atoms with van der Waals surface area (Å²) in [7, 11) is 0. The Labute approximate surface area is 139 Å². The second-order valence-corrected chi connectivity index (χ2v) is 5.00. The molecular weight excluding hydrogens is 310 g/mol. The smallest absolute Gasteiger partial charge is 0.343 e. The summed E-state index contributed by atoms with van der Waals surface area (Å²) >= 11 is 0. The molecule has 0 unspecified atom stereocenters. The maximum Gasteiger partial charge on any atom is 0.343 e. The highest BCUT2D eigenvalue weighted by Crippen LogP contribution is 2.29. The first-order chi connectivity index (χ1) is 11.5. The zero-order chi connectivity index (χ0) is 17.5. The van der Waals surface area contributed by atoms with Crippen LogP contribution in [0.2, 0.25) is 0 Å². The largest absolute Gasteiger partial charge is 0.490 e. The number of benzene rings is 2. The molecule has 2 aromatic carbocycles. The fourth-order valence-electron chi connectivity index (χ4n) is 2.06. The van der Waals surface area contributed by atoms with Gasteiger partial charge in [0.1, 0.15) is 0 Å². The van der Waals surface area contributed by atoms with Crippen molar-refractivity contribution in [3.63, 3.8) is 0 Å². The van der Waals surface area contributed by atoms with Gasteiger partial charge in [-0.15, -0.1) is 0 Å². The van der Waals surface area contributed by atoms with Crippen LogP contribution < -0.4 is 9.47 Å². The van der Waals surface area contributed by atoms with Gasteiger partial charge in [-0.2, -0.15) is 0 Å². The van der Waals surface area contributed by atoms with Crippen LogP contribution in [0.5, 0.6) is 11.5 Å². The van der Waals surface area contributed by atoms with Crippen molar-refractivity contribution in [2.75, 3.05) is 6.61 Å². The van der Waals surface area contributed by atoms with Crippen LogP contribution >= 0.6 is 0 Å². The molecule has 2 aromatic rings. The van der Waals surface area contributed by atoms with Crippen LogP contribution in [0.4, 0.5) is 0 Å². The number of rotatable bonds is 6. The van der Waals surface area contributed by atoms with E-state index in [9.17, 15) is 14.9 Å². The van der Waals surface area contributed by atoms with E-state index in [4.69, 9.17) is 9.47 Å². The lowest BCUT2D eigenvalue weighted by atomic mass is 10.1. The molecule has 24 heavy (non-hydrogen) atoms. The zero-order valence-corrected chi connectivity index (χ0v) is 13.4. The molecule has 0 aromatic heterocycles. The number of ether oxygens (including phenoxy) is 2. The average Bonchev–Trinajstić information content (AvgIpc) is 2.55. The van der Waals surface area contributed by atoms with Crippen molar-refractivity contribution >= 4 is 12.0 Å². The van der Waals surface area contributed by atoms with Crippen molar-refractivity contribution in [3.05, 3.63) is 75.5 Å². The van der Waals surface area contributed by atoms with Gasteiger partial charge in [0.2, 0.25) is 6.20 Å². The summed E-state index contributed by atoms with van der Waals surface area (Å²) in [6, 6.07) is 11.8. The molecule has 0 aliphatic heterocycles. The van der Waals surface area contributed by atoms with E-state index < -0.39 is 10.9 Å². The topological polar surface area (TPSA) is 78.7 Å². The van der Waals surface area contributed by atoms with E-state index in [1.165, 1.54) is 6.08 Å². The lowest BCUT2D eigenvalue weighted by molar-refractivity contribution is -0.400. The molecule has 0 spiro atoms. The molecule has 6 nitrogen and oxygen atoms in total. The minimum absolute atomic E-state index is 0.265. The van der Waals surface area contributed by atoms with Crippen molar-refractivity contribution in [1.82, 2.24) is 0 Å². The van der Waals surface area contributed by atoms with Gasteiger partial charge >= 0.3 is 5.97 Å². The lowest BCUT2D eigenvalue weighted by Crippen LogP contribution is -2.10. The average molecular weight is 327 g/mol. The fraction of sp³-hybridized carbons (Fsp3) is 0.167. The molecule has 0 amide bonds. The van der Waals surface area contributed by atoms with Gasteiger partial charge in [-0.3, -0.25) is 10.1 Å². The number of nitrogens with zero attached hydrogens (tertiary/aromatic N) is 1. The number of esters is 1. The monoisotopic (exact) mass is 327 g/mol. The zero-order valence-electron chi connectivity index (χ0n) is 13.4. The van der Waals surface area contributed by atoms with Gasteiger partial charge in [-0.05, 0) is 43.7 Å². The Morgan fingerprint density at radius 2 is 2.00 bits per heavy atom. The Morgan fingerprint density at radius 3 is 2.67 bits per heavy atom. The van der Waals surface area contributed by atoms with E-state index in [2.05, 4.69) is 0 Å². The SMILES string of the molecule is CCOc1cc(/C=C\[N+](=O)[O-])ccc1OC(=O)c1cccc(C)c1. The number of carbonyl (C=O) groups excluding carboxylic acids is 1. The van der Waals surface area contributed by atoms with Crippen molar-refractivity contribution in [2.24, 2.45) is 0 Å². The number of hydrogen-bond acceptors (Lipinski definition) is 5. The summed E-state index contributed by atoms with van der Waals surface area (Å²) in [6.07, 6.45) is 2.18. The number of carbonyl (C=O) groups is 1. The summed E-state index contributed by atoms with van der Waals surface area (Å²) in [5, 5.41) is 10.4. The summed E-state index contributed by atoms with van der Waals surface area (Å²) in [6.45, 7) is 4.06. The van der Waals surface area contributed by atoms with Gasteiger partial charge in [0, 0.05) is 6.08 Å². The quantitative estimate of drug-likeness (QED) is 0.348. The molecule has 0 N–H and O–H groups in total. The van der Waals surface area contributed by atoms with E-state index >= 15 is 0 Å². The van der Waals surface area contributed by atoms with Gasteiger partial charge in [0.25, 0.3) is 0 Å². The summed E-state index contributed by atoms with van der Waals surface area (Å²) in [5.74, 6) is 0.124. The normalized spacial score (nSPS) is 10.6. The third kappa shape index (κ3) is 4.67. The highest BCUT2D eigenvalue weighted by atomic mass is 16.6. The standard InChI is InChI=1S/C18H17NO5/c1-3-23-17-12-14(9-10-19(21)22)7-8-16(17)24-18(20)15-6-4-5-13(2)11-15/h4-12H,3H2,1-2H3/b10-9-. The van der Waals surface area contributed by atoms with Crippen molar-refractivity contribution in [3.8, 4) is 11.5 Å². The second kappa shape index (κ2) is 7.92. The van der Waals surface area contributed by atoms with Gasteiger partial charge in [-0.1, -0.05) is 23.8 Å². The van der Waals surface area contributed by atoms with Crippen LogP contribution in [0, 0.1) is 17.0 Å². The Kier molecular flexibility index (Phi) is 5.68. The molecule has 0 radical (unpaired) electrons. The van der Waals surface area contributed by atoms with E-state index in [1.54, 1.807) is 43.3 Å². The number of aryl methyl sites for hydroxylation is 1. The van der Waals surface area contributed by atoms with Gasteiger partial charge in [0.15, 0.2) is 11.5 Å². The first-order valence-electron chi connectivity index (χ1n) is 7.37. The Bertz CT molecular complexity index is 783. The van der Waals surface area contributed by atoms with Crippen molar-refractivity contribution < 1.29 is 19.2 Å². The molecule has 0 saturated carbocycles. The first-order valence-corrected chi connectivity index (χ1v) is 7.37. The summed E-state index contributed by atoms with van der Waals surface area (Å²) in [5.41, 5.74) is 1.97. The minimum Gasteiger partial charge on any atom is -0.490 e. The molecule has 0 saturated heterocycles. The molecule has 6 heteroatoms. The molecule has 0 fully saturated rings. The molecule has 0 aliphatic rings. The van der Waals surface area contributed by atoms with Gasteiger partial charge in [0.05, 0.1) is 17.1 Å².